The molecule has 1 N–H and O–H groups in total. The van der Waals surface area contributed by atoms with Gasteiger partial charge in [0.2, 0.25) is 0 Å². The lowest BCUT2D eigenvalue weighted by atomic mass is 10.0. The molecule has 2 aliphatic rings. The third-order valence-electron chi connectivity index (χ3n) is 5.11. The summed E-state index contributed by atoms with van der Waals surface area (Å²) in [5.41, 5.74) is 2.32. The third-order valence-corrected chi connectivity index (χ3v) is 5.37. The van der Waals surface area contributed by atoms with Crippen molar-refractivity contribution < 1.29 is 9.50 Å². The molecule has 0 aliphatic carbocycles. The maximum Gasteiger partial charge on any atom is 0.130 e. The van der Waals surface area contributed by atoms with Crippen LogP contribution in [-0.4, -0.2) is 48.6 Å². The summed E-state index contributed by atoms with van der Waals surface area (Å²) in [5.74, 6) is 0.569. The fraction of sp³-hybridized carbons (Fsp3) is 0.350. The first kappa shape index (κ1) is 17.3. The van der Waals surface area contributed by atoms with Crippen LogP contribution in [0.1, 0.15) is 23.6 Å². The molecule has 0 saturated carbocycles. The van der Waals surface area contributed by atoms with Gasteiger partial charge in [-0.2, -0.15) is 0 Å². The molecule has 1 saturated heterocycles. The van der Waals surface area contributed by atoms with Gasteiger partial charge in [-0.1, -0.05) is 23.7 Å². The predicted octanol–water partition coefficient (Wildman–Crippen LogP) is 3.48. The van der Waals surface area contributed by atoms with Crippen molar-refractivity contribution in [1.82, 2.24) is 4.90 Å². The quantitative estimate of drug-likeness (QED) is 0.895. The molecule has 2 atom stereocenters. The van der Waals surface area contributed by atoms with Crippen LogP contribution >= 0.6 is 11.6 Å². The summed E-state index contributed by atoms with van der Waals surface area (Å²) in [4.78, 5) is 8.53. The van der Waals surface area contributed by atoms with Crippen molar-refractivity contribution in [3.05, 3.63) is 64.4 Å². The van der Waals surface area contributed by atoms with Gasteiger partial charge in [-0.25, -0.2) is 4.39 Å². The zero-order valence-electron chi connectivity index (χ0n) is 14.6. The highest BCUT2D eigenvalue weighted by atomic mass is 35.5. The molecule has 0 amide bonds. The van der Waals surface area contributed by atoms with Gasteiger partial charge in [0.15, 0.2) is 0 Å². The molecule has 2 aliphatic heterocycles. The fourth-order valence-corrected chi connectivity index (χ4v) is 3.93. The van der Waals surface area contributed by atoms with Crippen molar-refractivity contribution in [2.75, 3.05) is 31.6 Å². The summed E-state index contributed by atoms with van der Waals surface area (Å²) >= 11 is 5.97. The maximum absolute atomic E-state index is 15.0. The molecule has 1 fully saturated rings. The molecule has 0 aromatic heterocycles. The van der Waals surface area contributed by atoms with Crippen molar-refractivity contribution in [1.29, 1.82) is 0 Å². The summed E-state index contributed by atoms with van der Waals surface area (Å²) in [6, 6.07) is 12.5. The first-order valence-electron chi connectivity index (χ1n) is 8.78. The lowest BCUT2D eigenvalue weighted by Crippen LogP contribution is -2.25. The van der Waals surface area contributed by atoms with E-state index in [-0.39, 0.29) is 11.9 Å². The molecular weight excluding hydrogens is 353 g/mol. The van der Waals surface area contributed by atoms with Crippen LogP contribution in [0, 0.1) is 5.82 Å². The second-order valence-corrected chi connectivity index (χ2v) is 7.33. The first-order chi connectivity index (χ1) is 12.5. The molecule has 2 heterocycles. The Morgan fingerprint density at radius 1 is 1.19 bits per heavy atom. The molecule has 0 unspecified atom stereocenters. The van der Waals surface area contributed by atoms with Gasteiger partial charge in [-0.05, 0) is 36.8 Å². The Bertz CT molecular complexity index is 839. The van der Waals surface area contributed by atoms with Gasteiger partial charge in [0.25, 0.3) is 0 Å². The molecule has 6 heteroatoms. The van der Waals surface area contributed by atoms with Crippen molar-refractivity contribution >= 4 is 23.1 Å². The van der Waals surface area contributed by atoms with Crippen LogP contribution in [0.2, 0.25) is 5.02 Å². The van der Waals surface area contributed by atoms with Gasteiger partial charge in [-0.15, -0.1) is 0 Å². The first-order valence-corrected chi connectivity index (χ1v) is 9.16. The summed E-state index contributed by atoms with van der Waals surface area (Å²) in [6.45, 7) is 2.08. The Morgan fingerprint density at radius 2 is 1.96 bits per heavy atom. The van der Waals surface area contributed by atoms with Crippen molar-refractivity contribution in [2.45, 2.75) is 18.6 Å². The Labute approximate surface area is 157 Å². The minimum absolute atomic E-state index is 0.205. The number of rotatable bonds is 3. The number of nitrogens with zero attached hydrogens (tertiary/aromatic N) is 3. The van der Waals surface area contributed by atoms with E-state index in [1.165, 1.54) is 0 Å². The average molecular weight is 374 g/mol. The van der Waals surface area contributed by atoms with E-state index in [4.69, 9.17) is 11.6 Å². The standard InChI is InChI=1S/C20H21ClFN3O/c1-24-9-8-23-20(24)13-2-7-17(18(22)10-13)19-11-16(26)12-25(19)15-5-3-14(21)4-6-15/h2-7,10,16,19,26H,8-9,11-12H2,1H3/t16-,19-/m1/s1. The van der Waals surface area contributed by atoms with Crippen LogP contribution in [-0.2, 0) is 0 Å². The van der Waals surface area contributed by atoms with Gasteiger partial charge in [0, 0.05) is 42.0 Å². The van der Waals surface area contributed by atoms with E-state index < -0.39 is 6.10 Å². The van der Waals surface area contributed by atoms with Gasteiger partial charge >= 0.3 is 0 Å². The normalized spacial score (nSPS) is 22.8. The third kappa shape index (κ3) is 3.17. The van der Waals surface area contributed by atoms with Crippen molar-refractivity contribution in [3.8, 4) is 0 Å². The topological polar surface area (TPSA) is 39.1 Å². The summed E-state index contributed by atoms with van der Waals surface area (Å²) in [6.07, 6.45) is 0.0137. The van der Waals surface area contributed by atoms with E-state index in [9.17, 15) is 9.50 Å². The van der Waals surface area contributed by atoms with Gasteiger partial charge in [-0.3, -0.25) is 4.99 Å². The van der Waals surface area contributed by atoms with Crippen LogP contribution < -0.4 is 4.90 Å². The van der Waals surface area contributed by atoms with Crippen LogP contribution in [0.3, 0.4) is 0 Å². The highest BCUT2D eigenvalue weighted by molar-refractivity contribution is 6.30. The van der Waals surface area contributed by atoms with Crippen LogP contribution in [0.4, 0.5) is 10.1 Å². The van der Waals surface area contributed by atoms with Gasteiger partial charge in [0.05, 0.1) is 18.7 Å². The van der Waals surface area contributed by atoms with E-state index in [0.717, 1.165) is 30.2 Å². The Morgan fingerprint density at radius 3 is 2.62 bits per heavy atom. The molecule has 4 nitrogen and oxygen atoms in total. The zero-order valence-corrected chi connectivity index (χ0v) is 15.3. The second-order valence-electron chi connectivity index (χ2n) is 6.90. The molecule has 0 bridgehead atoms. The number of hydrogen-bond acceptors (Lipinski definition) is 4. The number of amidine groups is 1. The minimum atomic E-state index is -0.486. The van der Waals surface area contributed by atoms with Gasteiger partial charge < -0.3 is 14.9 Å². The van der Waals surface area contributed by atoms with Crippen LogP contribution in [0.5, 0.6) is 0 Å². The fourth-order valence-electron chi connectivity index (χ4n) is 3.81. The number of benzene rings is 2. The summed E-state index contributed by atoms with van der Waals surface area (Å²) in [5, 5.41) is 10.8. The minimum Gasteiger partial charge on any atom is -0.391 e. The highest BCUT2D eigenvalue weighted by Crippen LogP contribution is 2.38. The van der Waals surface area contributed by atoms with E-state index in [1.54, 1.807) is 6.07 Å². The lowest BCUT2D eigenvalue weighted by Gasteiger charge is -2.27. The smallest absolute Gasteiger partial charge is 0.130 e. The molecule has 2 aromatic carbocycles. The molecule has 26 heavy (non-hydrogen) atoms. The summed E-state index contributed by atoms with van der Waals surface area (Å²) < 4.78 is 15.0. The van der Waals surface area contributed by atoms with E-state index in [0.29, 0.717) is 23.6 Å². The zero-order chi connectivity index (χ0) is 18.3. The number of aliphatic imine (C=N–C) groups is 1. The number of aliphatic hydroxyl groups excluding tert-OH is 1. The largest absolute Gasteiger partial charge is 0.391 e. The maximum atomic E-state index is 15.0. The highest BCUT2D eigenvalue weighted by Gasteiger charge is 2.34. The number of β-amino-alcohol motifs (C(OH)–C–C–N with tert-alkyl or cyclic N) is 1. The van der Waals surface area contributed by atoms with Crippen molar-refractivity contribution in [2.24, 2.45) is 4.99 Å². The van der Waals surface area contributed by atoms with Crippen molar-refractivity contribution in [3.63, 3.8) is 0 Å². The van der Waals surface area contributed by atoms with Crippen LogP contribution in [0.15, 0.2) is 47.5 Å². The second kappa shape index (κ2) is 6.89. The molecule has 4 rings (SSSR count). The number of halogens is 2. The molecule has 0 radical (unpaired) electrons. The average Bonchev–Trinajstić information content (AvgIpc) is 3.21. The Hall–Kier alpha value is -2.11. The molecule has 136 valence electrons. The SMILES string of the molecule is CN1CCN=C1c1ccc([C@H]2C[C@@H](O)CN2c2ccc(Cl)cc2)c(F)c1. The molecule has 2 aromatic rings. The predicted molar refractivity (Wildman–Crippen MR) is 103 cm³/mol. The number of anilines is 1. The van der Waals surface area contributed by atoms with E-state index >= 15 is 0 Å². The number of aliphatic hydroxyl groups is 1. The Kier molecular flexibility index (Phi) is 4.59. The molecule has 0 spiro atoms. The number of likely N-dealkylation sites (N-methyl/N-ethyl adjacent to an activating group) is 1. The lowest BCUT2D eigenvalue weighted by molar-refractivity contribution is 0.194. The molecular formula is C20H21ClFN3O. The Balaban J connectivity index is 1.66. The summed E-state index contributed by atoms with van der Waals surface area (Å²) in [7, 11) is 1.97. The van der Waals surface area contributed by atoms with Gasteiger partial charge in [0.1, 0.15) is 11.7 Å². The van der Waals surface area contributed by atoms with E-state index in [1.807, 2.05) is 53.2 Å². The number of hydrogen-bond donors (Lipinski definition) is 1. The van der Waals surface area contributed by atoms with Crippen LogP contribution in [0.25, 0.3) is 0 Å². The monoisotopic (exact) mass is 373 g/mol. The van der Waals surface area contributed by atoms with E-state index in [2.05, 4.69) is 4.99 Å².